The van der Waals surface area contributed by atoms with Gasteiger partial charge in [-0.1, -0.05) is 6.07 Å². The Balaban J connectivity index is 2.10. The largest absolute Gasteiger partial charge is 0.480 e. The second-order valence-corrected chi connectivity index (χ2v) is 4.28. The average Bonchev–Trinajstić information content (AvgIpc) is 2.34. The molecule has 1 aliphatic heterocycles. The van der Waals surface area contributed by atoms with Gasteiger partial charge in [0.05, 0.1) is 0 Å². The molecule has 1 unspecified atom stereocenters. The van der Waals surface area contributed by atoms with E-state index in [9.17, 15) is 13.6 Å². The molecule has 1 aromatic rings. The van der Waals surface area contributed by atoms with Crippen molar-refractivity contribution in [2.24, 2.45) is 0 Å². The summed E-state index contributed by atoms with van der Waals surface area (Å²) in [5.74, 6) is -2.71. The quantitative estimate of drug-likeness (QED) is 0.841. The third kappa shape index (κ3) is 2.83. The fraction of sp³-hybridized carbons (Fsp3) is 0.417. The summed E-state index contributed by atoms with van der Waals surface area (Å²) in [5, 5.41) is 12.1. The maximum atomic E-state index is 13.1. The first-order valence-corrected chi connectivity index (χ1v) is 5.69. The van der Waals surface area contributed by atoms with Gasteiger partial charge in [0.25, 0.3) is 0 Å². The first kappa shape index (κ1) is 12.9. The minimum atomic E-state index is -0.912. The van der Waals surface area contributed by atoms with E-state index in [1.807, 2.05) is 0 Å². The van der Waals surface area contributed by atoms with E-state index in [2.05, 4.69) is 5.32 Å². The molecule has 0 bridgehead atoms. The van der Waals surface area contributed by atoms with Crippen LogP contribution in [-0.4, -0.2) is 41.7 Å². The van der Waals surface area contributed by atoms with Gasteiger partial charge in [-0.05, 0) is 17.7 Å². The number of hydrogen-bond donors (Lipinski definition) is 2. The van der Waals surface area contributed by atoms with Crippen molar-refractivity contribution >= 4 is 5.97 Å². The standard InChI is InChI=1S/C12H14F2N2O2/c13-9-2-1-8(5-10(9)14)7-16-4-3-15-6-11(16)12(17)18/h1-2,5,11,15H,3-4,6-7H2,(H,17,18). The highest BCUT2D eigenvalue weighted by Crippen LogP contribution is 2.14. The summed E-state index contributed by atoms with van der Waals surface area (Å²) in [6.07, 6.45) is 0. The van der Waals surface area contributed by atoms with Crippen LogP contribution in [0, 0.1) is 11.6 Å². The normalized spacial score (nSPS) is 20.9. The number of piperazine rings is 1. The molecule has 4 nitrogen and oxygen atoms in total. The van der Waals surface area contributed by atoms with Crippen molar-refractivity contribution in [3.63, 3.8) is 0 Å². The Hall–Kier alpha value is -1.53. The van der Waals surface area contributed by atoms with Crippen molar-refractivity contribution in [1.29, 1.82) is 0 Å². The molecule has 0 aromatic heterocycles. The van der Waals surface area contributed by atoms with Gasteiger partial charge in [-0.15, -0.1) is 0 Å². The van der Waals surface area contributed by atoms with Crippen LogP contribution in [0.5, 0.6) is 0 Å². The monoisotopic (exact) mass is 256 g/mol. The Bertz CT molecular complexity index is 454. The molecule has 2 rings (SSSR count). The topological polar surface area (TPSA) is 52.6 Å². The molecule has 1 aliphatic rings. The Morgan fingerprint density at radius 1 is 1.44 bits per heavy atom. The Kier molecular flexibility index (Phi) is 3.88. The van der Waals surface area contributed by atoms with Gasteiger partial charge in [0, 0.05) is 26.2 Å². The van der Waals surface area contributed by atoms with Crippen LogP contribution in [0.15, 0.2) is 18.2 Å². The van der Waals surface area contributed by atoms with Crippen molar-refractivity contribution in [2.75, 3.05) is 19.6 Å². The molecular weight excluding hydrogens is 242 g/mol. The minimum absolute atomic E-state index is 0.301. The van der Waals surface area contributed by atoms with E-state index >= 15 is 0 Å². The number of carboxylic acid groups (broad SMARTS) is 1. The minimum Gasteiger partial charge on any atom is -0.480 e. The number of nitrogens with zero attached hydrogens (tertiary/aromatic N) is 1. The number of aliphatic carboxylic acids is 1. The van der Waals surface area contributed by atoms with E-state index in [0.717, 1.165) is 12.1 Å². The number of benzene rings is 1. The van der Waals surface area contributed by atoms with Crippen LogP contribution in [0.4, 0.5) is 8.78 Å². The second-order valence-electron chi connectivity index (χ2n) is 4.28. The summed E-state index contributed by atoms with van der Waals surface area (Å²) < 4.78 is 25.9. The predicted octanol–water partition coefficient (Wildman–Crippen LogP) is 0.823. The molecule has 1 heterocycles. The van der Waals surface area contributed by atoms with Gasteiger partial charge in [0.2, 0.25) is 0 Å². The number of carbonyl (C=O) groups is 1. The van der Waals surface area contributed by atoms with Gasteiger partial charge in [-0.2, -0.15) is 0 Å². The number of carboxylic acids is 1. The molecule has 0 spiro atoms. The molecule has 98 valence electrons. The summed E-state index contributed by atoms with van der Waals surface area (Å²) in [6, 6.07) is 3.00. The van der Waals surface area contributed by atoms with Gasteiger partial charge in [0.15, 0.2) is 11.6 Å². The summed E-state index contributed by atoms with van der Waals surface area (Å²) in [4.78, 5) is 12.8. The SMILES string of the molecule is O=C(O)C1CNCCN1Cc1ccc(F)c(F)c1. The maximum Gasteiger partial charge on any atom is 0.322 e. The average molecular weight is 256 g/mol. The molecular formula is C12H14F2N2O2. The fourth-order valence-electron chi connectivity index (χ4n) is 2.05. The maximum absolute atomic E-state index is 13.1. The fourth-order valence-corrected chi connectivity index (χ4v) is 2.05. The Morgan fingerprint density at radius 2 is 2.22 bits per heavy atom. The summed E-state index contributed by atoms with van der Waals surface area (Å²) in [5.41, 5.74) is 0.571. The van der Waals surface area contributed by atoms with Crippen molar-refractivity contribution in [1.82, 2.24) is 10.2 Å². The van der Waals surface area contributed by atoms with E-state index < -0.39 is 23.6 Å². The van der Waals surface area contributed by atoms with Gasteiger partial charge in [0.1, 0.15) is 6.04 Å². The zero-order chi connectivity index (χ0) is 13.1. The molecule has 1 saturated heterocycles. The predicted molar refractivity (Wildman–Crippen MR) is 61.1 cm³/mol. The highest BCUT2D eigenvalue weighted by molar-refractivity contribution is 5.74. The third-order valence-corrected chi connectivity index (χ3v) is 3.01. The summed E-state index contributed by atoms with van der Waals surface area (Å²) >= 11 is 0. The second kappa shape index (κ2) is 5.41. The molecule has 0 saturated carbocycles. The lowest BCUT2D eigenvalue weighted by Gasteiger charge is -2.33. The van der Waals surface area contributed by atoms with Crippen molar-refractivity contribution in [3.8, 4) is 0 Å². The zero-order valence-corrected chi connectivity index (χ0v) is 9.70. The van der Waals surface area contributed by atoms with Gasteiger partial charge >= 0.3 is 5.97 Å². The van der Waals surface area contributed by atoms with Crippen LogP contribution in [0.1, 0.15) is 5.56 Å². The van der Waals surface area contributed by atoms with Crippen LogP contribution in [-0.2, 0) is 11.3 Å². The summed E-state index contributed by atoms with van der Waals surface area (Å²) in [6.45, 7) is 1.91. The molecule has 1 fully saturated rings. The van der Waals surface area contributed by atoms with Crippen LogP contribution in [0.25, 0.3) is 0 Å². The molecule has 6 heteroatoms. The molecule has 1 aromatic carbocycles. The van der Waals surface area contributed by atoms with Gasteiger partial charge in [-0.25, -0.2) is 8.78 Å². The number of halogens is 2. The van der Waals surface area contributed by atoms with Crippen LogP contribution in [0.3, 0.4) is 0 Å². The molecule has 0 radical (unpaired) electrons. The number of rotatable bonds is 3. The number of hydrogen-bond acceptors (Lipinski definition) is 3. The van der Waals surface area contributed by atoms with E-state index in [-0.39, 0.29) is 0 Å². The molecule has 0 aliphatic carbocycles. The lowest BCUT2D eigenvalue weighted by molar-refractivity contribution is -0.144. The van der Waals surface area contributed by atoms with Crippen molar-refractivity contribution in [2.45, 2.75) is 12.6 Å². The molecule has 2 N–H and O–H groups in total. The molecule has 18 heavy (non-hydrogen) atoms. The van der Waals surface area contributed by atoms with E-state index in [1.165, 1.54) is 6.07 Å². The molecule has 1 atom stereocenters. The Morgan fingerprint density at radius 3 is 2.89 bits per heavy atom. The first-order chi connectivity index (χ1) is 8.58. The van der Waals surface area contributed by atoms with Crippen molar-refractivity contribution < 1.29 is 18.7 Å². The Labute approximate surface area is 103 Å². The van der Waals surface area contributed by atoms with E-state index in [0.29, 0.717) is 31.7 Å². The lowest BCUT2D eigenvalue weighted by atomic mass is 10.1. The third-order valence-electron chi connectivity index (χ3n) is 3.01. The summed E-state index contributed by atoms with van der Waals surface area (Å²) in [7, 11) is 0. The zero-order valence-electron chi connectivity index (χ0n) is 9.70. The van der Waals surface area contributed by atoms with Crippen LogP contribution < -0.4 is 5.32 Å². The van der Waals surface area contributed by atoms with Crippen LogP contribution >= 0.6 is 0 Å². The number of nitrogens with one attached hydrogen (secondary N) is 1. The highest BCUT2D eigenvalue weighted by atomic mass is 19.2. The van der Waals surface area contributed by atoms with E-state index in [1.54, 1.807) is 4.90 Å². The van der Waals surface area contributed by atoms with Crippen LogP contribution in [0.2, 0.25) is 0 Å². The smallest absolute Gasteiger partial charge is 0.322 e. The van der Waals surface area contributed by atoms with Gasteiger partial charge in [-0.3, -0.25) is 9.69 Å². The lowest BCUT2D eigenvalue weighted by Crippen LogP contribution is -2.54. The first-order valence-electron chi connectivity index (χ1n) is 5.69. The molecule has 0 amide bonds. The van der Waals surface area contributed by atoms with Crippen molar-refractivity contribution in [3.05, 3.63) is 35.4 Å². The van der Waals surface area contributed by atoms with E-state index in [4.69, 9.17) is 5.11 Å². The van der Waals surface area contributed by atoms with Gasteiger partial charge < -0.3 is 10.4 Å². The highest BCUT2D eigenvalue weighted by Gasteiger charge is 2.28.